The molecule has 1 aromatic carbocycles. The highest BCUT2D eigenvalue weighted by Crippen LogP contribution is 2.53. The van der Waals surface area contributed by atoms with E-state index in [1.165, 1.54) is 17.0 Å². The topological polar surface area (TPSA) is 114 Å². The van der Waals surface area contributed by atoms with Crippen LogP contribution in [0, 0.1) is 11.7 Å². The third-order valence-corrected chi connectivity index (χ3v) is 5.46. The van der Waals surface area contributed by atoms with Gasteiger partial charge < -0.3 is 9.73 Å². The van der Waals surface area contributed by atoms with Gasteiger partial charge in [-0.15, -0.1) is 10.2 Å². The zero-order valence-electron chi connectivity index (χ0n) is 15.9. The van der Waals surface area contributed by atoms with Crippen molar-refractivity contribution in [3.05, 3.63) is 65.5 Å². The summed E-state index contributed by atoms with van der Waals surface area (Å²) < 4.78 is 18.5. The molecular weight excluding hydrogens is 391 g/mol. The van der Waals surface area contributed by atoms with E-state index in [-0.39, 0.29) is 41.8 Å². The van der Waals surface area contributed by atoms with Crippen molar-refractivity contribution >= 4 is 17.6 Å². The third kappa shape index (κ3) is 3.19. The number of nitrogens with one attached hydrogen (secondary N) is 1. The van der Waals surface area contributed by atoms with E-state index in [4.69, 9.17) is 4.42 Å². The maximum Gasteiger partial charge on any atom is 0.309 e. The lowest BCUT2D eigenvalue weighted by Gasteiger charge is -2.21. The monoisotopic (exact) mass is 408 g/mol. The summed E-state index contributed by atoms with van der Waals surface area (Å²) in [5.41, 5.74) is 1.54. The maximum absolute atomic E-state index is 13.0. The van der Waals surface area contributed by atoms with E-state index in [9.17, 15) is 14.0 Å². The van der Waals surface area contributed by atoms with Crippen LogP contribution >= 0.6 is 0 Å². The minimum absolute atomic E-state index is 0.0524. The molecule has 1 saturated carbocycles. The number of nitrogens with zero attached hydrogens (tertiary/aromatic N) is 5. The molecule has 0 radical (unpaired) electrons. The van der Waals surface area contributed by atoms with Gasteiger partial charge in [-0.25, -0.2) is 9.37 Å². The number of carbonyl (C=O) groups is 2. The summed E-state index contributed by atoms with van der Waals surface area (Å²) in [6.45, 7) is 0. The molecule has 3 aromatic rings. The Balaban J connectivity index is 1.31. The summed E-state index contributed by atoms with van der Waals surface area (Å²) in [5.74, 6) is -0.676. The minimum Gasteiger partial charge on any atom is -0.417 e. The highest BCUT2D eigenvalue weighted by molar-refractivity contribution is 6.02. The van der Waals surface area contributed by atoms with Crippen molar-refractivity contribution in [3.8, 4) is 0 Å². The van der Waals surface area contributed by atoms with Crippen molar-refractivity contribution < 1.29 is 18.4 Å². The summed E-state index contributed by atoms with van der Waals surface area (Å²) in [5, 5.41) is 10.4. The average molecular weight is 408 g/mol. The van der Waals surface area contributed by atoms with Crippen LogP contribution in [0.3, 0.4) is 0 Å². The van der Waals surface area contributed by atoms with Crippen LogP contribution in [0.25, 0.3) is 0 Å². The van der Waals surface area contributed by atoms with Crippen LogP contribution in [0.2, 0.25) is 0 Å². The van der Waals surface area contributed by atoms with E-state index in [1.807, 2.05) is 0 Å². The number of carbonyl (C=O) groups excluding carboxylic acids is 2. The highest BCUT2D eigenvalue weighted by Gasteiger charge is 2.53. The smallest absolute Gasteiger partial charge is 0.309 e. The number of hydrogen-bond acceptors (Lipinski definition) is 7. The molecule has 2 aliphatic rings. The Morgan fingerprint density at radius 1 is 1.23 bits per heavy atom. The Morgan fingerprint density at radius 3 is 2.80 bits per heavy atom. The van der Waals surface area contributed by atoms with E-state index >= 15 is 0 Å². The molecule has 0 unspecified atom stereocenters. The second kappa shape index (κ2) is 6.97. The molecule has 30 heavy (non-hydrogen) atoms. The lowest BCUT2D eigenvalue weighted by Crippen LogP contribution is -2.48. The second-order valence-electron chi connectivity index (χ2n) is 7.42. The van der Waals surface area contributed by atoms with Crippen molar-refractivity contribution in [2.45, 2.75) is 24.8 Å². The molecule has 10 heteroatoms. The average Bonchev–Trinajstić information content (AvgIpc) is 3.42. The number of aromatic nitrogens is 4. The predicted molar refractivity (Wildman–Crippen MR) is 101 cm³/mol. The van der Waals surface area contributed by atoms with Gasteiger partial charge in [0, 0.05) is 25.4 Å². The number of amides is 2. The van der Waals surface area contributed by atoms with Gasteiger partial charge >= 0.3 is 11.8 Å². The first-order valence-corrected chi connectivity index (χ1v) is 9.47. The number of fused-ring (bicyclic) bond motifs is 3. The summed E-state index contributed by atoms with van der Waals surface area (Å²) >= 11 is 0. The van der Waals surface area contributed by atoms with Crippen LogP contribution in [0.4, 0.5) is 10.2 Å². The van der Waals surface area contributed by atoms with Crippen molar-refractivity contribution in [2.24, 2.45) is 5.92 Å². The van der Waals surface area contributed by atoms with E-state index in [0.29, 0.717) is 5.82 Å². The summed E-state index contributed by atoms with van der Waals surface area (Å²) in [6.07, 6.45) is 4.16. The Morgan fingerprint density at radius 2 is 2.00 bits per heavy atom. The lowest BCUT2D eigenvalue weighted by molar-refractivity contribution is -0.120. The Kier molecular flexibility index (Phi) is 4.27. The van der Waals surface area contributed by atoms with Crippen LogP contribution in [0.5, 0.6) is 0 Å². The molecule has 3 heterocycles. The molecule has 5 rings (SSSR count). The number of rotatable bonds is 4. The van der Waals surface area contributed by atoms with Gasteiger partial charge in [-0.2, -0.15) is 0 Å². The number of benzene rings is 1. The lowest BCUT2D eigenvalue weighted by atomic mass is 10.1. The Hall–Kier alpha value is -3.69. The molecule has 1 N–H and O–H groups in total. The fourth-order valence-corrected chi connectivity index (χ4v) is 3.82. The molecule has 2 aromatic heterocycles. The first-order chi connectivity index (χ1) is 14.5. The zero-order valence-corrected chi connectivity index (χ0v) is 15.9. The second-order valence-corrected chi connectivity index (χ2v) is 7.42. The SMILES string of the molecule is CN1C(=O)[C@H](NC(=O)c2nnc(Cc3ccc(F)cc3)o2)[C@@H]2C[C@@H]2c2nccnc21. The molecule has 9 nitrogen and oxygen atoms in total. The van der Waals surface area contributed by atoms with Gasteiger partial charge in [0.2, 0.25) is 5.89 Å². The number of halogens is 1. The summed E-state index contributed by atoms with van der Waals surface area (Å²) in [6, 6.07) is 5.15. The minimum atomic E-state index is -0.726. The fourth-order valence-electron chi connectivity index (χ4n) is 3.82. The van der Waals surface area contributed by atoms with Gasteiger partial charge in [-0.3, -0.25) is 19.5 Å². The van der Waals surface area contributed by atoms with E-state index in [1.54, 1.807) is 31.6 Å². The van der Waals surface area contributed by atoms with E-state index in [2.05, 4.69) is 25.5 Å². The molecule has 0 spiro atoms. The fraction of sp³-hybridized carbons (Fsp3) is 0.300. The van der Waals surface area contributed by atoms with Crippen molar-refractivity contribution in [1.29, 1.82) is 0 Å². The standard InChI is InChI=1S/C20H17FN6O3/c1-27-17-15(22-6-7-23-17)12-9-13(12)16(20(27)29)24-18(28)19-26-25-14(30-19)8-10-2-4-11(21)5-3-10/h2-7,12-13,16H,8-9H2,1H3,(H,24,28)/t12-,13+,16+/m0/s1. The Labute approximate surface area is 170 Å². The quantitative estimate of drug-likeness (QED) is 0.695. The van der Waals surface area contributed by atoms with Crippen LogP contribution in [-0.2, 0) is 11.2 Å². The molecule has 1 fully saturated rings. The molecule has 0 bridgehead atoms. The number of hydrogen-bond donors (Lipinski definition) is 1. The van der Waals surface area contributed by atoms with Crippen molar-refractivity contribution in [1.82, 2.24) is 25.5 Å². The highest BCUT2D eigenvalue weighted by atomic mass is 19.1. The van der Waals surface area contributed by atoms with Crippen LogP contribution in [-0.4, -0.2) is 45.1 Å². The molecule has 2 amide bonds. The van der Waals surface area contributed by atoms with Gasteiger partial charge in [-0.1, -0.05) is 12.1 Å². The summed E-state index contributed by atoms with van der Waals surface area (Å²) in [7, 11) is 1.62. The zero-order chi connectivity index (χ0) is 20.8. The normalized spacial score (nSPS) is 22.1. The molecule has 1 aliphatic carbocycles. The molecular formula is C20H17FN6O3. The molecule has 152 valence electrons. The van der Waals surface area contributed by atoms with Gasteiger partial charge in [-0.05, 0) is 30.0 Å². The first kappa shape index (κ1) is 18.3. The molecule has 1 aliphatic heterocycles. The van der Waals surface area contributed by atoms with Crippen molar-refractivity contribution in [3.63, 3.8) is 0 Å². The largest absolute Gasteiger partial charge is 0.417 e. The maximum atomic E-state index is 13.0. The molecule has 0 saturated heterocycles. The van der Waals surface area contributed by atoms with Gasteiger partial charge in [0.25, 0.3) is 5.91 Å². The number of anilines is 1. The third-order valence-electron chi connectivity index (χ3n) is 5.46. The van der Waals surface area contributed by atoms with E-state index in [0.717, 1.165) is 17.7 Å². The first-order valence-electron chi connectivity index (χ1n) is 9.47. The number of likely N-dealkylation sites (N-methyl/N-ethyl adjacent to an activating group) is 1. The van der Waals surface area contributed by atoms with Crippen LogP contribution < -0.4 is 10.2 Å². The molecule has 3 atom stereocenters. The van der Waals surface area contributed by atoms with Crippen molar-refractivity contribution in [2.75, 3.05) is 11.9 Å². The van der Waals surface area contributed by atoms with Gasteiger partial charge in [0.05, 0.1) is 12.1 Å². The summed E-state index contributed by atoms with van der Waals surface area (Å²) in [4.78, 5) is 35.7. The van der Waals surface area contributed by atoms with Gasteiger partial charge in [0.15, 0.2) is 5.82 Å². The Bertz CT molecular complexity index is 1130. The predicted octanol–water partition coefficient (Wildman–Crippen LogP) is 1.47. The van der Waals surface area contributed by atoms with Crippen LogP contribution in [0.15, 0.2) is 41.1 Å². The van der Waals surface area contributed by atoms with Gasteiger partial charge in [0.1, 0.15) is 11.9 Å². The van der Waals surface area contributed by atoms with Crippen LogP contribution in [0.1, 0.15) is 40.2 Å². The van der Waals surface area contributed by atoms with E-state index < -0.39 is 11.9 Å².